The van der Waals surface area contributed by atoms with E-state index in [2.05, 4.69) is 37.6 Å². The second-order valence-corrected chi connectivity index (χ2v) is 7.02. The summed E-state index contributed by atoms with van der Waals surface area (Å²) in [6, 6.07) is 12.1. The second-order valence-electron chi connectivity index (χ2n) is 7.02. The predicted octanol–water partition coefficient (Wildman–Crippen LogP) is 3.24. The highest BCUT2D eigenvalue weighted by atomic mass is 16.5. The van der Waals surface area contributed by atoms with E-state index in [1.165, 1.54) is 0 Å². The quantitative estimate of drug-likeness (QED) is 0.678. The minimum absolute atomic E-state index is 0.145. The van der Waals surface area contributed by atoms with Gasteiger partial charge in [-0.05, 0) is 32.0 Å². The number of benzene rings is 1. The molecule has 146 valence electrons. The van der Waals surface area contributed by atoms with Crippen molar-refractivity contribution in [3.63, 3.8) is 0 Å². The van der Waals surface area contributed by atoms with Crippen LogP contribution in [-0.4, -0.2) is 45.4 Å². The first-order valence-corrected chi connectivity index (χ1v) is 9.42. The van der Waals surface area contributed by atoms with Crippen LogP contribution >= 0.6 is 0 Å². The molecule has 28 heavy (non-hydrogen) atoms. The van der Waals surface area contributed by atoms with E-state index in [0.717, 1.165) is 59.7 Å². The van der Waals surface area contributed by atoms with Crippen molar-refractivity contribution in [2.45, 2.75) is 33.0 Å². The number of aryl methyl sites for hydroxylation is 1. The van der Waals surface area contributed by atoms with E-state index in [1.54, 1.807) is 14.2 Å². The van der Waals surface area contributed by atoms with Crippen LogP contribution in [0.25, 0.3) is 11.5 Å². The molecule has 3 heterocycles. The second kappa shape index (κ2) is 7.59. The summed E-state index contributed by atoms with van der Waals surface area (Å²) in [4.78, 5) is 7.00. The minimum Gasteiger partial charge on any atom is -0.497 e. The van der Waals surface area contributed by atoms with Crippen LogP contribution in [0.1, 0.15) is 30.0 Å². The molecule has 4 rings (SSSR count). The van der Waals surface area contributed by atoms with Crippen LogP contribution in [-0.2, 0) is 13.1 Å². The first kappa shape index (κ1) is 18.4. The van der Waals surface area contributed by atoms with Crippen molar-refractivity contribution in [3.8, 4) is 23.0 Å². The topological polar surface area (TPSA) is 65.3 Å². The van der Waals surface area contributed by atoms with Gasteiger partial charge >= 0.3 is 0 Å². The Morgan fingerprint density at radius 3 is 2.68 bits per heavy atom. The number of hydrogen-bond acceptors (Lipinski definition) is 6. The monoisotopic (exact) mass is 379 g/mol. The number of nitrogens with zero attached hydrogens (tertiary/aromatic N) is 5. The maximum Gasteiger partial charge on any atom is 0.182 e. The highest BCUT2D eigenvalue weighted by molar-refractivity contribution is 5.50. The summed E-state index contributed by atoms with van der Waals surface area (Å²) in [7, 11) is 3.35. The molecule has 0 radical (unpaired) electrons. The lowest BCUT2D eigenvalue weighted by Crippen LogP contribution is -2.36. The van der Waals surface area contributed by atoms with Gasteiger partial charge in [0.25, 0.3) is 0 Å². The van der Waals surface area contributed by atoms with E-state index in [1.807, 2.05) is 37.3 Å². The van der Waals surface area contributed by atoms with Crippen molar-refractivity contribution in [1.29, 1.82) is 0 Å². The Morgan fingerprint density at radius 1 is 1.07 bits per heavy atom. The molecule has 0 amide bonds. The summed E-state index contributed by atoms with van der Waals surface area (Å²) in [5.41, 5.74) is 2.98. The van der Waals surface area contributed by atoms with Gasteiger partial charge in [-0.3, -0.25) is 4.90 Å². The maximum absolute atomic E-state index is 5.56. The molecular formula is C21H25N5O2. The number of fused-ring (bicyclic) bond motifs is 1. The summed E-state index contributed by atoms with van der Waals surface area (Å²) < 4.78 is 13.0. The van der Waals surface area contributed by atoms with Gasteiger partial charge in [0.2, 0.25) is 0 Å². The fraction of sp³-hybridized carbons (Fsp3) is 0.381. The van der Waals surface area contributed by atoms with Crippen LogP contribution in [0, 0.1) is 6.92 Å². The van der Waals surface area contributed by atoms with E-state index in [0.29, 0.717) is 0 Å². The normalized spacial score (nSPS) is 16.6. The average molecular weight is 379 g/mol. The third-order valence-electron chi connectivity index (χ3n) is 5.30. The smallest absolute Gasteiger partial charge is 0.182 e. The number of hydrogen-bond donors (Lipinski definition) is 0. The SMILES string of the molecule is COc1ccc(CN2CCn3c(-c4cccc(C)n4)nnc3[C@@H]2C)c(OC)c1. The fourth-order valence-corrected chi connectivity index (χ4v) is 3.70. The Labute approximate surface area is 164 Å². The zero-order valence-electron chi connectivity index (χ0n) is 16.7. The van der Waals surface area contributed by atoms with Gasteiger partial charge in [0.05, 0.1) is 20.3 Å². The highest BCUT2D eigenvalue weighted by Gasteiger charge is 2.29. The third kappa shape index (κ3) is 3.33. The molecule has 0 saturated heterocycles. The fourth-order valence-electron chi connectivity index (χ4n) is 3.70. The Morgan fingerprint density at radius 2 is 1.93 bits per heavy atom. The van der Waals surface area contributed by atoms with Gasteiger partial charge in [0.15, 0.2) is 11.6 Å². The van der Waals surface area contributed by atoms with E-state index >= 15 is 0 Å². The number of aromatic nitrogens is 4. The molecule has 7 heteroatoms. The summed E-state index contributed by atoms with van der Waals surface area (Å²) >= 11 is 0. The van der Waals surface area contributed by atoms with Gasteiger partial charge < -0.3 is 14.0 Å². The number of rotatable bonds is 5. The molecule has 7 nitrogen and oxygen atoms in total. The molecule has 2 aromatic heterocycles. The predicted molar refractivity (Wildman–Crippen MR) is 106 cm³/mol. The molecule has 0 fully saturated rings. The molecule has 0 bridgehead atoms. The van der Waals surface area contributed by atoms with Gasteiger partial charge in [-0.15, -0.1) is 10.2 Å². The van der Waals surface area contributed by atoms with Crippen LogP contribution in [0.2, 0.25) is 0 Å². The number of pyridine rings is 1. The van der Waals surface area contributed by atoms with Crippen LogP contribution in [0.15, 0.2) is 36.4 Å². The maximum atomic E-state index is 5.56. The Kier molecular flexibility index (Phi) is 5.00. The van der Waals surface area contributed by atoms with Gasteiger partial charge in [-0.2, -0.15) is 0 Å². The molecule has 0 unspecified atom stereocenters. The minimum atomic E-state index is 0.145. The van der Waals surface area contributed by atoms with Gasteiger partial charge in [0, 0.05) is 37.0 Å². The lowest BCUT2D eigenvalue weighted by molar-refractivity contribution is 0.155. The number of ether oxygens (including phenoxy) is 2. The summed E-state index contributed by atoms with van der Waals surface area (Å²) in [5.74, 6) is 3.44. The molecule has 0 spiro atoms. The third-order valence-corrected chi connectivity index (χ3v) is 5.30. The standard InChI is InChI=1S/C21H25N5O2/c1-14-6-5-7-18(22-14)21-24-23-20-15(2)25(10-11-26(20)21)13-16-8-9-17(27-3)12-19(16)28-4/h5-9,12,15H,10-11,13H2,1-4H3/t15-/m0/s1. The van der Waals surface area contributed by atoms with Gasteiger partial charge in [-0.1, -0.05) is 12.1 Å². The highest BCUT2D eigenvalue weighted by Crippen LogP contribution is 2.32. The summed E-state index contributed by atoms with van der Waals surface area (Å²) in [5, 5.41) is 8.93. The van der Waals surface area contributed by atoms with Crippen LogP contribution in [0.4, 0.5) is 0 Å². The largest absolute Gasteiger partial charge is 0.497 e. The average Bonchev–Trinajstić information content (AvgIpc) is 3.15. The summed E-state index contributed by atoms with van der Waals surface area (Å²) in [6.07, 6.45) is 0. The van der Waals surface area contributed by atoms with E-state index in [9.17, 15) is 0 Å². The molecule has 1 aliphatic heterocycles. The Hall–Kier alpha value is -2.93. The van der Waals surface area contributed by atoms with Crippen LogP contribution < -0.4 is 9.47 Å². The Balaban J connectivity index is 1.59. The van der Waals surface area contributed by atoms with Crippen LogP contribution in [0.3, 0.4) is 0 Å². The molecule has 1 atom stereocenters. The zero-order chi connectivity index (χ0) is 19.7. The van der Waals surface area contributed by atoms with Gasteiger partial charge in [0.1, 0.15) is 17.2 Å². The molecular weight excluding hydrogens is 354 g/mol. The van der Waals surface area contributed by atoms with Crippen molar-refractivity contribution >= 4 is 0 Å². The van der Waals surface area contributed by atoms with Crippen molar-refractivity contribution in [3.05, 3.63) is 53.5 Å². The molecule has 3 aromatic rings. The van der Waals surface area contributed by atoms with E-state index in [-0.39, 0.29) is 6.04 Å². The lowest BCUT2D eigenvalue weighted by atomic mass is 10.1. The van der Waals surface area contributed by atoms with E-state index < -0.39 is 0 Å². The zero-order valence-corrected chi connectivity index (χ0v) is 16.7. The molecule has 0 N–H and O–H groups in total. The first-order chi connectivity index (χ1) is 13.6. The number of methoxy groups -OCH3 is 2. The molecule has 1 aliphatic rings. The summed E-state index contributed by atoms with van der Waals surface area (Å²) in [6.45, 7) is 6.67. The first-order valence-electron chi connectivity index (χ1n) is 9.42. The van der Waals surface area contributed by atoms with Crippen molar-refractivity contribution in [2.75, 3.05) is 20.8 Å². The molecule has 0 saturated carbocycles. The van der Waals surface area contributed by atoms with E-state index in [4.69, 9.17) is 9.47 Å². The van der Waals surface area contributed by atoms with Gasteiger partial charge in [-0.25, -0.2) is 4.98 Å². The van der Waals surface area contributed by atoms with Crippen LogP contribution in [0.5, 0.6) is 11.5 Å². The molecule has 0 aliphatic carbocycles. The van der Waals surface area contributed by atoms with Crippen molar-refractivity contribution in [2.24, 2.45) is 0 Å². The molecule has 1 aromatic carbocycles. The van der Waals surface area contributed by atoms with Crippen molar-refractivity contribution < 1.29 is 9.47 Å². The van der Waals surface area contributed by atoms with Crippen molar-refractivity contribution in [1.82, 2.24) is 24.6 Å². The lowest BCUT2D eigenvalue weighted by Gasteiger charge is -2.34. The Bertz CT molecular complexity index is 985.